The van der Waals surface area contributed by atoms with Crippen LogP contribution in [0.1, 0.15) is 38.7 Å². The lowest BCUT2D eigenvalue weighted by molar-refractivity contribution is 0.246. The molecule has 2 amide bonds. The second kappa shape index (κ2) is 4.98. The maximum Gasteiger partial charge on any atom is 0.338 e. The molecule has 0 radical (unpaired) electrons. The number of nitrogens with zero attached hydrogens (tertiary/aromatic N) is 1. The molecule has 0 aromatic heterocycles. The fourth-order valence-corrected chi connectivity index (χ4v) is 2.14. The summed E-state index contributed by atoms with van der Waals surface area (Å²) in [5.74, 6) is 0. The molecule has 2 N–H and O–H groups in total. The van der Waals surface area contributed by atoms with Crippen molar-refractivity contribution < 1.29 is 4.79 Å². The summed E-state index contributed by atoms with van der Waals surface area (Å²) in [4.78, 5) is 12.0. The highest BCUT2D eigenvalue weighted by atomic mass is 16.2. The van der Waals surface area contributed by atoms with Crippen LogP contribution < -0.4 is 15.8 Å². The van der Waals surface area contributed by atoms with Gasteiger partial charge in [0, 0.05) is 0 Å². The molecule has 0 saturated carbocycles. The van der Waals surface area contributed by atoms with Gasteiger partial charge in [-0.1, -0.05) is 31.0 Å². The van der Waals surface area contributed by atoms with Gasteiger partial charge in [-0.15, -0.1) is 0 Å². The van der Waals surface area contributed by atoms with E-state index in [1.165, 1.54) is 5.56 Å². The summed E-state index contributed by atoms with van der Waals surface area (Å²) < 4.78 is 0. The third-order valence-corrected chi connectivity index (χ3v) is 3.27. The van der Waals surface area contributed by atoms with E-state index in [2.05, 4.69) is 17.7 Å². The van der Waals surface area contributed by atoms with Gasteiger partial charge in [-0.2, -0.15) is 0 Å². The summed E-state index contributed by atoms with van der Waals surface area (Å²) >= 11 is 0. The van der Waals surface area contributed by atoms with Crippen LogP contribution in [0.15, 0.2) is 24.3 Å². The Bertz CT molecular complexity index is 429. The van der Waals surface area contributed by atoms with E-state index in [1.807, 2.05) is 38.1 Å². The smallest absolute Gasteiger partial charge is 0.317 e. The van der Waals surface area contributed by atoms with Gasteiger partial charge in [0.25, 0.3) is 0 Å². The molecule has 0 bridgehead atoms. The number of benzene rings is 1. The fourth-order valence-electron chi connectivity index (χ4n) is 2.14. The van der Waals surface area contributed by atoms with Gasteiger partial charge in [-0.25, -0.2) is 15.2 Å². The van der Waals surface area contributed by atoms with E-state index >= 15 is 0 Å². The van der Waals surface area contributed by atoms with Crippen LogP contribution in [-0.4, -0.2) is 11.7 Å². The van der Waals surface area contributed by atoms with Gasteiger partial charge in [-0.05, 0) is 38.8 Å². The second-order valence-electron chi connectivity index (χ2n) is 5.15. The Labute approximate surface area is 108 Å². The average Bonchev–Trinajstić information content (AvgIpc) is 2.64. The van der Waals surface area contributed by atoms with Crippen LogP contribution in [0.25, 0.3) is 0 Å². The highest BCUT2D eigenvalue weighted by Gasteiger charge is 2.38. The second-order valence-corrected chi connectivity index (χ2v) is 5.15. The minimum Gasteiger partial charge on any atom is -0.317 e. The first-order chi connectivity index (χ1) is 8.54. The number of anilines is 1. The lowest BCUT2D eigenvalue weighted by atomic mass is 10.1. The highest BCUT2D eigenvalue weighted by molar-refractivity contribution is 5.93. The number of hydrogen-bond acceptors (Lipinski definition) is 2. The van der Waals surface area contributed by atoms with Crippen molar-refractivity contribution >= 4 is 11.7 Å². The minimum atomic E-state index is -0.335. The van der Waals surface area contributed by atoms with E-state index < -0.39 is 0 Å². The van der Waals surface area contributed by atoms with Crippen molar-refractivity contribution in [3.8, 4) is 0 Å². The molecule has 0 spiro atoms. The molecule has 1 aliphatic rings. The van der Waals surface area contributed by atoms with Crippen LogP contribution >= 0.6 is 0 Å². The van der Waals surface area contributed by atoms with Crippen molar-refractivity contribution in [3.05, 3.63) is 29.8 Å². The van der Waals surface area contributed by atoms with Crippen LogP contribution in [0.5, 0.6) is 0 Å². The van der Waals surface area contributed by atoms with Crippen molar-refractivity contribution in [2.24, 2.45) is 0 Å². The molecule has 4 heteroatoms. The minimum absolute atomic E-state index is 0.0857. The number of hydrogen-bond donors (Lipinski definition) is 2. The first kappa shape index (κ1) is 12.9. The Morgan fingerprint density at radius 1 is 1.28 bits per heavy atom. The quantitative estimate of drug-likeness (QED) is 0.859. The van der Waals surface area contributed by atoms with Crippen LogP contribution in [0.3, 0.4) is 0 Å². The largest absolute Gasteiger partial charge is 0.338 e. The average molecular weight is 247 g/mol. The maximum absolute atomic E-state index is 12.0. The number of unbranched alkanes of at least 4 members (excludes halogenated alkanes) is 1. The van der Waals surface area contributed by atoms with Crippen LogP contribution in [-0.2, 0) is 0 Å². The van der Waals surface area contributed by atoms with E-state index in [0.29, 0.717) is 0 Å². The third-order valence-electron chi connectivity index (χ3n) is 3.27. The third kappa shape index (κ3) is 2.64. The Hall–Kier alpha value is -1.55. The summed E-state index contributed by atoms with van der Waals surface area (Å²) in [5, 5.41) is 4.60. The summed E-state index contributed by atoms with van der Waals surface area (Å²) in [5.41, 5.74) is 4.99. The highest BCUT2D eigenvalue weighted by Crippen LogP contribution is 2.22. The molecule has 2 rings (SSSR count). The molecular formula is C14H21N3O. The molecule has 4 nitrogen and oxygen atoms in total. The van der Waals surface area contributed by atoms with Gasteiger partial charge in [0.05, 0.1) is 5.69 Å². The number of aryl methyl sites for hydroxylation is 1. The number of nitrogens with one attached hydrogen (secondary N) is 2. The van der Waals surface area contributed by atoms with E-state index in [4.69, 9.17) is 0 Å². The summed E-state index contributed by atoms with van der Waals surface area (Å²) in [6, 6.07) is 7.83. The van der Waals surface area contributed by atoms with Gasteiger partial charge in [-0.3, -0.25) is 0 Å². The molecule has 1 unspecified atom stereocenters. The predicted molar refractivity (Wildman–Crippen MR) is 73.3 cm³/mol. The lowest BCUT2D eigenvalue weighted by Gasteiger charge is -2.24. The Kier molecular flexibility index (Phi) is 3.57. The first-order valence-electron chi connectivity index (χ1n) is 6.51. The molecule has 1 aromatic rings. The molecule has 18 heavy (non-hydrogen) atoms. The lowest BCUT2D eigenvalue weighted by Crippen LogP contribution is -2.48. The summed E-state index contributed by atoms with van der Waals surface area (Å²) in [7, 11) is 0. The normalized spacial score (nSPS) is 23.3. The van der Waals surface area contributed by atoms with Crippen molar-refractivity contribution in [2.75, 3.05) is 5.01 Å². The Morgan fingerprint density at radius 2 is 1.94 bits per heavy atom. The molecule has 1 heterocycles. The zero-order valence-corrected chi connectivity index (χ0v) is 11.3. The Balaban J connectivity index is 2.11. The monoisotopic (exact) mass is 247 g/mol. The van der Waals surface area contributed by atoms with Crippen molar-refractivity contribution in [3.63, 3.8) is 0 Å². The van der Waals surface area contributed by atoms with Gasteiger partial charge in [0.15, 0.2) is 0 Å². The van der Waals surface area contributed by atoms with E-state index in [0.717, 1.165) is 24.9 Å². The van der Waals surface area contributed by atoms with Crippen molar-refractivity contribution in [2.45, 2.75) is 45.7 Å². The SMILES string of the molecule is CCCCC1(C)NC(=O)N(c2ccc(C)cc2)N1. The first-order valence-corrected chi connectivity index (χ1v) is 6.51. The summed E-state index contributed by atoms with van der Waals surface area (Å²) in [6.45, 7) is 6.21. The number of hydrazine groups is 1. The fraction of sp³-hybridized carbons (Fsp3) is 0.500. The molecule has 1 atom stereocenters. The van der Waals surface area contributed by atoms with Gasteiger partial charge < -0.3 is 5.32 Å². The van der Waals surface area contributed by atoms with Gasteiger partial charge in [0.2, 0.25) is 0 Å². The van der Waals surface area contributed by atoms with Crippen LogP contribution in [0.4, 0.5) is 10.5 Å². The zero-order valence-electron chi connectivity index (χ0n) is 11.3. The molecule has 1 aromatic carbocycles. The van der Waals surface area contributed by atoms with E-state index in [-0.39, 0.29) is 11.7 Å². The van der Waals surface area contributed by atoms with E-state index in [9.17, 15) is 4.79 Å². The van der Waals surface area contributed by atoms with Crippen LogP contribution in [0, 0.1) is 6.92 Å². The van der Waals surface area contributed by atoms with Crippen molar-refractivity contribution in [1.82, 2.24) is 10.7 Å². The molecule has 98 valence electrons. The number of carbonyl (C=O) groups is 1. The number of urea groups is 1. The molecule has 0 aliphatic carbocycles. The van der Waals surface area contributed by atoms with E-state index in [1.54, 1.807) is 5.01 Å². The topological polar surface area (TPSA) is 44.4 Å². The predicted octanol–water partition coefficient (Wildman–Crippen LogP) is 2.94. The number of amides is 2. The molecule has 1 aliphatic heterocycles. The van der Waals surface area contributed by atoms with Crippen molar-refractivity contribution in [1.29, 1.82) is 0 Å². The van der Waals surface area contributed by atoms with Gasteiger partial charge >= 0.3 is 6.03 Å². The number of rotatable bonds is 4. The maximum atomic E-state index is 12.0. The Morgan fingerprint density at radius 3 is 2.56 bits per heavy atom. The molecular weight excluding hydrogens is 226 g/mol. The standard InChI is InChI=1S/C14H21N3O/c1-4-5-10-14(3)15-13(18)17(16-14)12-8-6-11(2)7-9-12/h6-9,16H,4-5,10H2,1-3H3,(H,15,18). The summed E-state index contributed by atoms with van der Waals surface area (Å²) in [6.07, 6.45) is 3.14. The van der Waals surface area contributed by atoms with Crippen LogP contribution in [0.2, 0.25) is 0 Å². The number of carbonyl (C=O) groups excluding carboxylic acids is 1. The van der Waals surface area contributed by atoms with Gasteiger partial charge in [0.1, 0.15) is 5.66 Å². The zero-order chi connectivity index (χ0) is 13.2. The molecule has 1 fully saturated rings. The molecule has 1 saturated heterocycles.